The summed E-state index contributed by atoms with van der Waals surface area (Å²) < 4.78 is 5.17. The van der Waals surface area contributed by atoms with Gasteiger partial charge in [0.1, 0.15) is 0 Å². The molecule has 2 N–H and O–H groups in total. The van der Waals surface area contributed by atoms with E-state index in [4.69, 9.17) is 9.84 Å². The smallest absolute Gasteiger partial charge is 0.239 e. The normalized spacial score (nSPS) is 21.1. The lowest BCUT2D eigenvalue weighted by atomic mass is 10.2. The molecule has 1 rings (SSSR count). The highest BCUT2D eigenvalue weighted by atomic mass is 16.5. The van der Waals surface area contributed by atoms with Gasteiger partial charge in [-0.25, -0.2) is 0 Å². The van der Waals surface area contributed by atoms with Crippen molar-refractivity contribution in [2.45, 2.75) is 26.0 Å². The first-order valence-electron chi connectivity index (χ1n) is 5.39. The predicted octanol–water partition coefficient (Wildman–Crippen LogP) is -0.796. The number of carbonyl (C=O) groups excluding carboxylic acids is 1. The van der Waals surface area contributed by atoms with E-state index in [9.17, 15) is 4.79 Å². The van der Waals surface area contributed by atoms with E-state index in [0.29, 0.717) is 32.8 Å². The number of rotatable bonds is 4. The maximum Gasteiger partial charge on any atom is 0.239 e. The number of aliphatic hydroxyl groups excluding tert-OH is 1. The van der Waals surface area contributed by atoms with Crippen LogP contribution in [0.25, 0.3) is 0 Å². The Labute approximate surface area is 90.4 Å². The molecule has 15 heavy (non-hydrogen) atoms. The number of hydrogen-bond acceptors (Lipinski definition) is 4. The van der Waals surface area contributed by atoms with Gasteiger partial charge in [-0.3, -0.25) is 4.79 Å². The van der Waals surface area contributed by atoms with Crippen molar-refractivity contribution in [1.82, 2.24) is 10.2 Å². The molecule has 0 aromatic carbocycles. The van der Waals surface area contributed by atoms with Crippen LogP contribution in [-0.4, -0.2) is 60.9 Å². The van der Waals surface area contributed by atoms with Gasteiger partial charge in [-0.1, -0.05) is 0 Å². The molecule has 0 aliphatic carbocycles. The summed E-state index contributed by atoms with van der Waals surface area (Å²) in [6.45, 7) is 6.53. The van der Waals surface area contributed by atoms with Gasteiger partial charge in [-0.2, -0.15) is 0 Å². The molecule has 5 nitrogen and oxygen atoms in total. The third-order valence-electron chi connectivity index (χ3n) is 2.41. The maximum absolute atomic E-state index is 11.8. The molecular formula is C10H20N2O3. The van der Waals surface area contributed by atoms with E-state index < -0.39 is 6.10 Å². The van der Waals surface area contributed by atoms with Crippen LogP contribution >= 0.6 is 0 Å². The monoisotopic (exact) mass is 216 g/mol. The van der Waals surface area contributed by atoms with Crippen LogP contribution in [0.1, 0.15) is 13.8 Å². The van der Waals surface area contributed by atoms with Crippen LogP contribution < -0.4 is 5.32 Å². The van der Waals surface area contributed by atoms with Crippen LogP contribution in [0.15, 0.2) is 0 Å². The minimum absolute atomic E-state index is 0.0824. The first kappa shape index (κ1) is 12.4. The van der Waals surface area contributed by atoms with Crippen molar-refractivity contribution >= 4 is 5.91 Å². The number of ether oxygens (including phenoxy) is 1. The molecule has 1 aliphatic rings. The molecule has 0 radical (unpaired) electrons. The zero-order valence-corrected chi connectivity index (χ0v) is 9.40. The van der Waals surface area contributed by atoms with Crippen LogP contribution in [0.5, 0.6) is 0 Å². The summed E-state index contributed by atoms with van der Waals surface area (Å²) in [7, 11) is 0. The summed E-state index contributed by atoms with van der Waals surface area (Å²) >= 11 is 0. The zero-order valence-electron chi connectivity index (χ0n) is 9.40. The van der Waals surface area contributed by atoms with Gasteiger partial charge in [0.15, 0.2) is 0 Å². The summed E-state index contributed by atoms with van der Waals surface area (Å²) in [4.78, 5) is 13.6. The van der Waals surface area contributed by atoms with Crippen molar-refractivity contribution in [1.29, 1.82) is 0 Å². The Balaban J connectivity index is 2.30. The Morgan fingerprint density at radius 2 is 2.07 bits per heavy atom. The van der Waals surface area contributed by atoms with Crippen LogP contribution in [0.4, 0.5) is 0 Å². The van der Waals surface area contributed by atoms with Gasteiger partial charge < -0.3 is 20.1 Å². The van der Waals surface area contributed by atoms with E-state index >= 15 is 0 Å². The molecule has 0 spiro atoms. The Kier molecular flexibility index (Phi) is 5.01. The Morgan fingerprint density at radius 3 is 2.60 bits per heavy atom. The van der Waals surface area contributed by atoms with E-state index in [1.165, 1.54) is 0 Å². The summed E-state index contributed by atoms with van der Waals surface area (Å²) in [5, 5.41) is 12.1. The third kappa shape index (κ3) is 4.15. The molecule has 2 atom stereocenters. The van der Waals surface area contributed by atoms with Crippen molar-refractivity contribution in [3.8, 4) is 0 Å². The average molecular weight is 216 g/mol. The van der Waals surface area contributed by atoms with Crippen LogP contribution in [0, 0.1) is 0 Å². The molecule has 0 aromatic rings. The molecule has 5 heteroatoms. The largest absolute Gasteiger partial charge is 0.392 e. The highest BCUT2D eigenvalue weighted by Gasteiger charge is 2.21. The Hall–Kier alpha value is -0.650. The topological polar surface area (TPSA) is 61.8 Å². The highest BCUT2D eigenvalue weighted by Crippen LogP contribution is 2.00. The second-order valence-corrected chi connectivity index (χ2v) is 3.92. The fraction of sp³-hybridized carbons (Fsp3) is 0.900. The van der Waals surface area contributed by atoms with Gasteiger partial charge in [0.05, 0.1) is 25.4 Å². The minimum Gasteiger partial charge on any atom is -0.392 e. The predicted molar refractivity (Wildman–Crippen MR) is 56.5 cm³/mol. The van der Waals surface area contributed by atoms with E-state index in [1.54, 1.807) is 11.8 Å². The van der Waals surface area contributed by atoms with Crippen molar-refractivity contribution in [2.24, 2.45) is 0 Å². The molecule has 0 saturated carbocycles. The molecule has 0 bridgehead atoms. The number of carbonyl (C=O) groups is 1. The minimum atomic E-state index is -0.426. The molecule has 1 fully saturated rings. The number of morpholine rings is 1. The molecule has 1 heterocycles. The number of nitrogens with zero attached hydrogens (tertiary/aromatic N) is 1. The maximum atomic E-state index is 11.8. The molecule has 1 aliphatic heterocycles. The standard InChI is InChI=1S/C10H20N2O3/c1-8(13)7-11-9(2)10(14)12-3-5-15-6-4-12/h8-9,11,13H,3-7H2,1-2H3. The first-order chi connectivity index (χ1) is 7.11. The number of aliphatic hydroxyl groups is 1. The SMILES string of the molecule is CC(O)CNC(C)C(=O)N1CCOCC1. The van der Waals surface area contributed by atoms with Crippen molar-refractivity contribution < 1.29 is 14.6 Å². The molecule has 1 amide bonds. The van der Waals surface area contributed by atoms with Crippen LogP contribution in [0.2, 0.25) is 0 Å². The van der Waals surface area contributed by atoms with Crippen molar-refractivity contribution in [3.63, 3.8) is 0 Å². The van der Waals surface area contributed by atoms with E-state index in [-0.39, 0.29) is 11.9 Å². The quantitative estimate of drug-likeness (QED) is 0.646. The van der Waals surface area contributed by atoms with Gasteiger partial charge >= 0.3 is 0 Å². The fourth-order valence-corrected chi connectivity index (χ4v) is 1.49. The number of nitrogens with one attached hydrogen (secondary N) is 1. The first-order valence-corrected chi connectivity index (χ1v) is 5.39. The Bertz CT molecular complexity index is 203. The Morgan fingerprint density at radius 1 is 1.47 bits per heavy atom. The fourth-order valence-electron chi connectivity index (χ4n) is 1.49. The average Bonchev–Trinajstić information content (AvgIpc) is 2.26. The number of amides is 1. The molecule has 0 aromatic heterocycles. The van der Waals surface area contributed by atoms with Gasteiger partial charge in [0.25, 0.3) is 0 Å². The van der Waals surface area contributed by atoms with Gasteiger partial charge in [0.2, 0.25) is 5.91 Å². The van der Waals surface area contributed by atoms with Crippen molar-refractivity contribution in [3.05, 3.63) is 0 Å². The molecule has 88 valence electrons. The number of hydrogen-bond donors (Lipinski definition) is 2. The lowest BCUT2D eigenvalue weighted by Crippen LogP contribution is -2.50. The second-order valence-electron chi connectivity index (χ2n) is 3.92. The van der Waals surface area contributed by atoms with Gasteiger partial charge in [-0.15, -0.1) is 0 Å². The lowest BCUT2D eigenvalue weighted by Gasteiger charge is -2.29. The van der Waals surface area contributed by atoms with Gasteiger partial charge in [-0.05, 0) is 13.8 Å². The third-order valence-corrected chi connectivity index (χ3v) is 2.41. The summed E-state index contributed by atoms with van der Waals surface area (Å²) in [5.74, 6) is 0.0824. The van der Waals surface area contributed by atoms with Crippen LogP contribution in [-0.2, 0) is 9.53 Å². The molecular weight excluding hydrogens is 196 g/mol. The lowest BCUT2D eigenvalue weighted by molar-refractivity contribution is -0.137. The van der Waals surface area contributed by atoms with Crippen molar-refractivity contribution in [2.75, 3.05) is 32.8 Å². The van der Waals surface area contributed by atoms with E-state index in [2.05, 4.69) is 5.32 Å². The summed E-state index contributed by atoms with van der Waals surface area (Å²) in [5.41, 5.74) is 0. The zero-order chi connectivity index (χ0) is 11.3. The van der Waals surface area contributed by atoms with Crippen LogP contribution in [0.3, 0.4) is 0 Å². The summed E-state index contributed by atoms with van der Waals surface area (Å²) in [6, 6.07) is -0.238. The van der Waals surface area contributed by atoms with E-state index in [0.717, 1.165) is 0 Å². The molecule has 1 saturated heterocycles. The summed E-state index contributed by atoms with van der Waals surface area (Å²) in [6.07, 6.45) is -0.426. The second kappa shape index (κ2) is 6.05. The highest BCUT2D eigenvalue weighted by molar-refractivity contribution is 5.81. The molecule has 2 unspecified atom stereocenters. The van der Waals surface area contributed by atoms with E-state index in [1.807, 2.05) is 6.92 Å². The van der Waals surface area contributed by atoms with Gasteiger partial charge in [0, 0.05) is 19.6 Å².